The number of hydrogen-bond acceptors (Lipinski definition) is 4. The number of nitrogens with zero attached hydrogens (tertiary/aromatic N) is 1. The summed E-state index contributed by atoms with van der Waals surface area (Å²) in [7, 11) is 1.62. The van der Waals surface area contributed by atoms with Gasteiger partial charge in [-0.3, -0.25) is 4.79 Å². The van der Waals surface area contributed by atoms with E-state index in [2.05, 4.69) is 15.9 Å². The molecule has 110 valence electrons. The number of phenolic OH excluding ortho intramolecular Hbond substituents is 1. The van der Waals surface area contributed by atoms with Crippen molar-refractivity contribution in [3.8, 4) is 5.75 Å². The van der Waals surface area contributed by atoms with Gasteiger partial charge in [0.15, 0.2) is 0 Å². The predicted molar refractivity (Wildman–Crippen MR) is 77.8 cm³/mol. The zero-order valence-electron chi connectivity index (χ0n) is 11.3. The largest absolute Gasteiger partial charge is 0.507 e. The highest BCUT2D eigenvalue weighted by atomic mass is 79.9. The second-order valence-electron chi connectivity index (χ2n) is 5.16. The fraction of sp³-hybridized carbons (Fsp3) is 0.500. The summed E-state index contributed by atoms with van der Waals surface area (Å²) in [6, 6.07) is 4.70. The number of hydrogen-bond donors (Lipinski definition) is 2. The molecule has 0 saturated carbocycles. The number of carbonyl (C=O) groups is 1. The van der Waals surface area contributed by atoms with Gasteiger partial charge in [0.05, 0.1) is 11.2 Å². The van der Waals surface area contributed by atoms with E-state index in [0.29, 0.717) is 26.1 Å². The lowest BCUT2D eigenvalue weighted by Crippen LogP contribution is -2.47. The Labute approximate surface area is 126 Å². The monoisotopic (exact) mass is 343 g/mol. The third-order valence-electron chi connectivity index (χ3n) is 3.49. The molecule has 1 aliphatic heterocycles. The number of likely N-dealkylation sites (N-methyl/N-ethyl adjacent to an activating group) is 1. The molecule has 1 fully saturated rings. The first-order chi connectivity index (χ1) is 9.41. The van der Waals surface area contributed by atoms with Gasteiger partial charge < -0.3 is 19.8 Å². The van der Waals surface area contributed by atoms with Crippen molar-refractivity contribution in [3.05, 3.63) is 28.2 Å². The summed E-state index contributed by atoms with van der Waals surface area (Å²) in [5, 5.41) is 20.2. The van der Waals surface area contributed by atoms with Crippen LogP contribution in [0.2, 0.25) is 0 Å². The van der Waals surface area contributed by atoms with Crippen molar-refractivity contribution in [3.63, 3.8) is 0 Å². The molecule has 1 aromatic carbocycles. The van der Waals surface area contributed by atoms with Crippen LogP contribution in [-0.2, 0) is 4.74 Å². The number of phenols is 1. The molecule has 0 atom stereocenters. The number of carbonyl (C=O) groups excluding carboxylic acids is 1. The van der Waals surface area contributed by atoms with E-state index >= 15 is 0 Å². The average molecular weight is 344 g/mol. The fourth-order valence-corrected chi connectivity index (χ4v) is 2.67. The van der Waals surface area contributed by atoms with Crippen LogP contribution in [0.4, 0.5) is 0 Å². The molecule has 0 radical (unpaired) electrons. The van der Waals surface area contributed by atoms with E-state index < -0.39 is 5.60 Å². The Bertz CT molecular complexity index is 500. The van der Waals surface area contributed by atoms with Crippen molar-refractivity contribution in [1.82, 2.24) is 4.90 Å². The molecular weight excluding hydrogens is 326 g/mol. The van der Waals surface area contributed by atoms with Gasteiger partial charge in [0.25, 0.3) is 5.91 Å². The summed E-state index contributed by atoms with van der Waals surface area (Å²) in [6.45, 7) is 1.22. The molecule has 2 rings (SSSR count). The Hall–Kier alpha value is -1.11. The zero-order valence-corrected chi connectivity index (χ0v) is 12.9. The number of ether oxygens (including phenoxy) is 1. The van der Waals surface area contributed by atoms with Crippen LogP contribution in [0.3, 0.4) is 0 Å². The average Bonchev–Trinajstić information content (AvgIpc) is 2.41. The van der Waals surface area contributed by atoms with Gasteiger partial charge in [-0.15, -0.1) is 0 Å². The molecule has 0 aromatic heterocycles. The molecule has 5 nitrogen and oxygen atoms in total. The maximum atomic E-state index is 12.3. The molecule has 0 unspecified atom stereocenters. The Kier molecular flexibility index (Phi) is 4.67. The van der Waals surface area contributed by atoms with E-state index in [1.54, 1.807) is 19.2 Å². The number of halogens is 1. The molecule has 1 saturated heterocycles. The molecular formula is C14H18BrNO4. The maximum Gasteiger partial charge on any atom is 0.257 e. The van der Waals surface area contributed by atoms with Crippen LogP contribution in [0.1, 0.15) is 23.2 Å². The highest BCUT2D eigenvalue weighted by molar-refractivity contribution is 9.10. The molecule has 1 aliphatic rings. The van der Waals surface area contributed by atoms with E-state index in [0.717, 1.165) is 4.47 Å². The molecule has 20 heavy (non-hydrogen) atoms. The minimum absolute atomic E-state index is 0.0657. The van der Waals surface area contributed by atoms with Gasteiger partial charge in [0, 0.05) is 44.1 Å². The summed E-state index contributed by atoms with van der Waals surface area (Å²) < 4.78 is 5.94. The van der Waals surface area contributed by atoms with Gasteiger partial charge in [-0.1, -0.05) is 15.9 Å². The Morgan fingerprint density at radius 2 is 2.10 bits per heavy atom. The van der Waals surface area contributed by atoms with Crippen LogP contribution in [0.15, 0.2) is 22.7 Å². The summed E-state index contributed by atoms with van der Waals surface area (Å²) in [4.78, 5) is 13.8. The fourth-order valence-electron chi connectivity index (χ4n) is 2.31. The van der Waals surface area contributed by atoms with E-state index in [9.17, 15) is 15.0 Å². The lowest BCUT2D eigenvalue weighted by Gasteiger charge is -2.35. The van der Waals surface area contributed by atoms with Crippen molar-refractivity contribution in [2.45, 2.75) is 18.4 Å². The normalized spacial score (nSPS) is 17.8. The Balaban J connectivity index is 2.10. The topological polar surface area (TPSA) is 70.0 Å². The maximum absolute atomic E-state index is 12.3. The van der Waals surface area contributed by atoms with Crippen LogP contribution in [0.25, 0.3) is 0 Å². The molecule has 0 bridgehead atoms. The Morgan fingerprint density at radius 1 is 1.45 bits per heavy atom. The van der Waals surface area contributed by atoms with Crippen LogP contribution in [0.5, 0.6) is 5.75 Å². The third kappa shape index (κ3) is 3.50. The summed E-state index contributed by atoms with van der Waals surface area (Å²) >= 11 is 3.28. The Morgan fingerprint density at radius 3 is 2.75 bits per heavy atom. The highest BCUT2D eigenvalue weighted by Crippen LogP contribution is 2.25. The lowest BCUT2D eigenvalue weighted by atomic mass is 9.93. The van der Waals surface area contributed by atoms with E-state index in [1.165, 1.54) is 11.0 Å². The molecule has 6 heteroatoms. The van der Waals surface area contributed by atoms with Gasteiger partial charge in [-0.05, 0) is 18.2 Å². The molecule has 0 aliphatic carbocycles. The van der Waals surface area contributed by atoms with Gasteiger partial charge in [0.1, 0.15) is 5.75 Å². The molecule has 0 spiro atoms. The van der Waals surface area contributed by atoms with Gasteiger partial charge >= 0.3 is 0 Å². The second-order valence-corrected chi connectivity index (χ2v) is 6.08. The summed E-state index contributed by atoms with van der Waals surface area (Å²) in [5.41, 5.74) is -0.692. The van der Waals surface area contributed by atoms with Crippen LogP contribution in [0, 0.1) is 0 Å². The standard InChI is InChI=1S/C14H18BrNO4/c1-16(9-14(19)4-6-20-7-5-14)13(18)11-8-10(15)2-3-12(11)17/h2-3,8,17,19H,4-7,9H2,1H3. The number of benzene rings is 1. The first kappa shape index (κ1) is 15.3. The van der Waals surface area contributed by atoms with Gasteiger partial charge in [-0.25, -0.2) is 0 Å². The number of aromatic hydroxyl groups is 1. The van der Waals surface area contributed by atoms with Crippen molar-refractivity contribution >= 4 is 21.8 Å². The molecule has 2 N–H and O–H groups in total. The van der Waals surface area contributed by atoms with Crippen molar-refractivity contribution in [2.75, 3.05) is 26.8 Å². The molecule has 1 aromatic rings. The predicted octanol–water partition coefficient (Wildman–Crippen LogP) is 1.77. The smallest absolute Gasteiger partial charge is 0.257 e. The van der Waals surface area contributed by atoms with Crippen molar-refractivity contribution in [1.29, 1.82) is 0 Å². The first-order valence-electron chi connectivity index (χ1n) is 6.45. The number of amides is 1. The van der Waals surface area contributed by atoms with Gasteiger partial charge in [0.2, 0.25) is 0 Å². The number of rotatable bonds is 3. The van der Waals surface area contributed by atoms with Gasteiger partial charge in [-0.2, -0.15) is 0 Å². The van der Waals surface area contributed by atoms with Crippen molar-refractivity contribution in [2.24, 2.45) is 0 Å². The summed E-state index contributed by atoms with van der Waals surface area (Å²) in [6.07, 6.45) is 1.02. The first-order valence-corrected chi connectivity index (χ1v) is 7.25. The minimum atomic E-state index is -0.912. The minimum Gasteiger partial charge on any atom is -0.507 e. The third-order valence-corrected chi connectivity index (χ3v) is 3.98. The molecule has 1 heterocycles. The van der Waals surface area contributed by atoms with Crippen molar-refractivity contribution < 1.29 is 19.7 Å². The zero-order chi connectivity index (χ0) is 14.8. The quantitative estimate of drug-likeness (QED) is 0.877. The molecule has 1 amide bonds. The number of aliphatic hydroxyl groups is 1. The van der Waals surface area contributed by atoms with E-state index in [4.69, 9.17) is 4.74 Å². The highest BCUT2D eigenvalue weighted by Gasteiger charge is 2.33. The van der Waals surface area contributed by atoms with Crippen LogP contribution < -0.4 is 0 Å². The van der Waals surface area contributed by atoms with E-state index in [1.807, 2.05) is 0 Å². The lowest BCUT2D eigenvalue weighted by molar-refractivity contribution is -0.0734. The van der Waals surface area contributed by atoms with E-state index in [-0.39, 0.29) is 23.8 Å². The SMILES string of the molecule is CN(CC1(O)CCOCC1)C(=O)c1cc(Br)ccc1O. The summed E-state index contributed by atoms with van der Waals surface area (Å²) in [5.74, 6) is -0.382. The van der Waals surface area contributed by atoms with Crippen LogP contribution in [-0.4, -0.2) is 53.4 Å². The second kappa shape index (κ2) is 6.11. The van der Waals surface area contributed by atoms with Crippen LogP contribution >= 0.6 is 15.9 Å².